The smallest absolute Gasteiger partial charge is 0.241 e. The van der Waals surface area contributed by atoms with E-state index in [4.69, 9.17) is 0 Å². The SMILES string of the molecule is C=Cc1[nH]c(C)c(C)[n+]1C. The van der Waals surface area contributed by atoms with Crippen molar-refractivity contribution in [3.05, 3.63) is 23.8 Å². The molecule has 1 aromatic heterocycles. The number of aromatic amines is 1. The van der Waals surface area contributed by atoms with Crippen molar-refractivity contribution in [3.8, 4) is 0 Å². The van der Waals surface area contributed by atoms with Gasteiger partial charge < -0.3 is 0 Å². The lowest BCUT2D eigenvalue weighted by atomic mass is 10.4. The highest BCUT2D eigenvalue weighted by Gasteiger charge is 2.10. The summed E-state index contributed by atoms with van der Waals surface area (Å²) in [5.41, 5.74) is 2.47. The summed E-state index contributed by atoms with van der Waals surface area (Å²) in [6.07, 6.45) is 1.82. The van der Waals surface area contributed by atoms with Crippen LogP contribution in [0.5, 0.6) is 0 Å². The van der Waals surface area contributed by atoms with Crippen LogP contribution in [0.4, 0.5) is 0 Å². The normalized spacial score (nSPS) is 9.90. The van der Waals surface area contributed by atoms with Gasteiger partial charge in [0.25, 0.3) is 5.82 Å². The third-order valence-electron chi connectivity index (χ3n) is 1.92. The van der Waals surface area contributed by atoms with Gasteiger partial charge in [-0.1, -0.05) is 6.58 Å². The van der Waals surface area contributed by atoms with Crippen LogP contribution in [0.25, 0.3) is 6.08 Å². The highest BCUT2D eigenvalue weighted by molar-refractivity contribution is 5.33. The van der Waals surface area contributed by atoms with Crippen molar-refractivity contribution < 1.29 is 4.57 Å². The van der Waals surface area contributed by atoms with Crippen molar-refractivity contribution in [3.63, 3.8) is 0 Å². The highest BCUT2D eigenvalue weighted by atomic mass is 15.1. The standard InChI is InChI=1S/C8H12N2/c1-5-8-9-6(2)7(3)10(8)4/h5H,1H2,2-4H3/p+1. The Kier molecular flexibility index (Phi) is 1.62. The number of H-pyrrole nitrogens is 1. The van der Waals surface area contributed by atoms with Crippen LogP contribution < -0.4 is 4.57 Å². The van der Waals surface area contributed by atoms with E-state index in [-0.39, 0.29) is 0 Å². The molecule has 10 heavy (non-hydrogen) atoms. The molecule has 0 spiro atoms. The second-order valence-electron chi connectivity index (χ2n) is 2.48. The summed E-state index contributed by atoms with van der Waals surface area (Å²) in [6.45, 7) is 7.83. The van der Waals surface area contributed by atoms with Gasteiger partial charge in [0, 0.05) is 19.9 Å². The third kappa shape index (κ3) is 0.856. The molecule has 0 saturated carbocycles. The minimum Gasteiger partial charge on any atom is -0.241 e. The fourth-order valence-electron chi connectivity index (χ4n) is 0.987. The van der Waals surface area contributed by atoms with E-state index in [1.165, 1.54) is 11.4 Å². The lowest BCUT2D eigenvalue weighted by molar-refractivity contribution is -0.678. The van der Waals surface area contributed by atoms with E-state index in [2.05, 4.69) is 30.0 Å². The first-order valence-electron chi connectivity index (χ1n) is 3.34. The molecule has 1 heterocycles. The monoisotopic (exact) mass is 137 g/mol. The van der Waals surface area contributed by atoms with E-state index in [9.17, 15) is 0 Å². The van der Waals surface area contributed by atoms with Gasteiger partial charge in [-0.05, 0) is 0 Å². The average Bonchev–Trinajstić information content (AvgIpc) is 2.17. The fourth-order valence-corrected chi connectivity index (χ4v) is 0.987. The second kappa shape index (κ2) is 2.29. The van der Waals surface area contributed by atoms with Crippen LogP contribution in [-0.2, 0) is 7.05 Å². The first-order valence-corrected chi connectivity index (χ1v) is 3.34. The molecule has 1 N–H and O–H groups in total. The summed E-state index contributed by atoms with van der Waals surface area (Å²) in [5, 5.41) is 0. The molecule has 0 unspecified atom stereocenters. The molecule has 0 saturated heterocycles. The minimum atomic E-state index is 1.06. The first-order chi connectivity index (χ1) is 4.66. The van der Waals surface area contributed by atoms with E-state index >= 15 is 0 Å². The molecule has 0 amide bonds. The maximum absolute atomic E-state index is 3.69. The molecule has 0 aliphatic heterocycles. The van der Waals surface area contributed by atoms with Gasteiger partial charge in [0.15, 0.2) is 0 Å². The van der Waals surface area contributed by atoms with E-state index in [0.29, 0.717) is 0 Å². The minimum absolute atomic E-state index is 1.06. The molecule has 0 bridgehead atoms. The Balaban J connectivity index is 3.30. The molecule has 2 heteroatoms. The highest BCUT2D eigenvalue weighted by Crippen LogP contribution is 1.99. The largest absolute Gasteiger partial charge is 0.278 e. The van der Waals surface area contributed by atoms with Gasteiger partial charge in [-0.15, -0.1) is 0 Å². The molecular weight excluding hydrogens is 124 g/mol. The maximum atomic E-state index is 3.69. The number of nitrogens with one attached hydrogen (secondary N) is 1. The van der Waals surface area contributed by atoms with E-state index < -0.39 is 0 Å². The molecule has 0 aromatic carbocycles. The Labute approximate surface area is 61.2 Å². The number of hydrogen-bond acceptors (Lipinski definition) is 0. The van der Waals surface area contributed by atoms with Crippen molar-refractivity contribution in [1.82, 2.24) is 4.98 Å². The maximum Gasteiger partial charge on any atom is 0.278 e. The summed E-state index contributed by atoms with van der Waals surface area (Å²) < 4.78 is 2.09. The number of aromatic nitrogens is 2. The number of hydrogen-bond donors (Lipinski definition) is 1. The lowest BCUT2D eigenvalue weighted by Crippen LogP contribution is -2.32. The zero-order valence-electron chi connectivity index (χ0n) is 6.73. The van der Waals surface area contributed by atoms with E-state index in [1.807, 2.05) is 13.1 Å². The summed E-state index contributed by atoms with van der Waals surface area (Å²) >= 11 is 0. The number of nitrogens with zero attached hydrogens (tertiary/aromatic N) is 1. The fraction of sp³-hybridized carbons (Fsp3) is 0.375. The summed E-state index contributed by atoms with van der Waals surface area (Å²) in [7, 11) is 2.02. The zero-order chi connectivity index (χ0) is 7.72. The summed E-state index contributed by atoms with van der Waals surface area (Å²) in [5.74, 6) is 1.06. The molecule has 0 aliphatic carbocycles. The number of rotatable bonds is 1. The van der Waals surface area contributed by atoms with Crippen LogP contribution in [0.15, 0.2) is 6.58 Å². The molecule has 0 atom stereocenters. The van der Waals surface area contributed by atoms with Crippen LogP contribution in [0.1, 0.15) is 17.2 Å². The topological polar surface area (TPSA) is 19.7 Å². The molecule has 2 nitrogen and oxygen atoms in total. The molecule has 0 aliphatic rings. The lowest BCUT2D eigenvalue weighted by Gasteiger charge is -1.86. The summed E-state index contributed by atoms with van der Waals surface area (Å²) in [4.78, 5) is 3.21. The van der Waals surface area contributed by atoms with Crippen molar-refractivity contribution in [1.29, 1.82) is 0 Å². The van der Waals surface area contributed by atoms with Crippen LogP contribution in [-0.4, -0.2) is 4.98 Å². The molecular formula is C8H13N2+. The van der Waals surface area contributed by atoms with Gasteiger partial charge in [0.1, 0.15) is 11.4 Å². The van der Waals surface area contributed by atoms with Crippen molar-refractivity contribution >= 4 is 6.08 Å². The van der Waals surface area contributed by atoms with E-state index in [0.717, 1.165) is 5.82 Å². The van der Waals surface area contributed by atoms with Crippen LogP contribution >= 0.6 is 0 Å². The van der Waals surface area contributed by atoms with Crippen molar-refractivity contribution in [2.24, 2.45) is 7.05 Å². The predicted molar refractivity (Wildman–Crippen MR) is 41.5 cm³/mol. The average molecular weight is 137 g/mol. The molecule has 1 rings (SSSR count). The van der Waals surface area contributed by atoms with Crippen LogP contribution in [0.2, 0.25) is 0 Å². The van der Waals surface area contributed by atoms with E-state index in [1.54, 1.807) is 0 Å². The Hall–Kier alpha value is -1.05. The Bertz CT molecular complexity index is 258. The first kappa shape index (κ1) is 7.06. The second-order valence-corrected chi connectivity index (χ2v) is 2.48. The van der Waals surface area contributed by atoms with Gasteiger partial charge in [0.2, 0.25) is 0 Å². The van der Waals surface area contributed by atoms with Crippen molar-refractivity contribution in [2.45, 2.75) is 13.8 Å². The van der Waals surface area contributed by atoms with Gasteiger partial charge in [-0.2, -0.15) is 0 Å². The summed E-state index contributed by atoms with van der Waals surface area (Å²) in [6, 6.07) is 0. The Morgan fingerprint density at radius 3 is 2.30 bits per heavy atom. The zero-order valence-corrected chi connectivity index (χ0v) is 6.73. The van der Waals surface area contributed by atoms with Gasteiger partial charge >= 0.3 is 0 Å². The predicted octanol–water partition coefficient (Wildman–Crippen LogP) is 1.10. The van der Waals surface area contributed by atoms with Crippen LogP contribution in [0, 0.1) is 13.8 Å². The Morgan fingerprint density at radius 1 is 1.50 bits per heavy atom. The number of aryl methyl sites for hydroxylation is 1. The Morgan fingerprint density at radius 2 is 2.10 bits per heavy atom. The van der Waals surface area contributed by atoms with Crippen molar-refractivity contribution in [2.75, 3.05) is 0 Å². The van der Waals surface area contributed by atoms with Gasteiger partial charge in [0.05, 0.1) is 7.05 Å². The number of imidazole rings is 1. The molecule has 0 radical (unpaired) electrons. The van der Waals surface area contributed by atoms with Gasteiger partial charge in [-0.25, -0.2) is 9.55 Å². The molecule has 54 valence electrons. The van der Waals surface area contributed by atoms with Gasteiger partial charge in [-0.3, -0.25) is 0 Å². The molecule has 0 fully saturated rings. The molecule has 1 aromatic rings. The third-order valence-corrected chi connectivity index (χ3v) is 1.92. The van der Waals surface area contributed by atoms with Crippen LogP contribution in [0.3, 0.4) is 0 Å². The quantitative estimate of drug-likeness (QED) is 0.559.